The number of benzene rings is 1. The summed E-state index contributed by atoms with van der Waals surface area (Å²) in [7, 11) is 0. The summed E-state index contributed by atoms with van der Waals surface area (Å²) in [5.41, 5.74) is 2.54. The van der Waals surface area contributed by atoms with Crippen LogP contribution in [0.2, 0.25) is 10.0 Å². The first-order valence-electron chi connectivity index (χ1n) is 10.0. The Morgan fingerprint density at radius 2 is 1.90 bits per heavy atom. The van der Waals surface area contributed by atoms with Crippen molar-refractivity contribution in [3.05, 3.63) is 63.9 Å². The molecule has 1 aromatic carbocycles. The summed E-state index contributed by atoms with van der Waals surface area (Å²) in [5, 5.41) is 2.05. The lowest BCUT2D eigenvalue weighted by atomic mass is 9.86. The fraction of sp³-hybridized carbons (Fsp3) is 0.364. The van der Waals surface area contributed by atoms with E-state index in [1.54, 1.807) is 12.4 Å². The minimum Gasteiger partial charge on any atom is -0.346 e. The van der Waals surface area contributed by atoms with E-state index in [0.29, 0.717) is 34.7 Å². The number of nitrogens with one attached hydrogen (secondary N) is 1. The molecular formula is C22H22Cl2N4O. The van der Waals surface area contributed by atoms with Gasteiger partial charge in [-0.05, 0) is 42.5 Å². The average molecular weight is 429 g/mol. The number of amides is 1. The van der Waals surface area contributed by atoms with Crippen LogP contribution in [0.4, 0.5) is 0 Å². The number of aromatic nitrogens is 2. The highest BCUT2D eigenvalue weighted by Gasteiger charge is 2.35. The second-order valence-electron chi connectivity index (χ2n) is 7.95. The van der Waals surface area contributed by atoms with E-state index in [1.807, 2.05) is 23.1 Å². The lowest BCUT2D eigenvalue weighted by Gasteiger charge is -2.46. The fourth-order valence-electron chi connectivity index (χ4n) is 4.66. The molecule has 4 heterocycles. The largest absolute Gasteiger partial charge is 0.346 e. The molecule has 2 saturated heterocycles. The minimum atomic E-state index is -0.0231. The topological polar surface area (TPSA) is 52.2 Å². The molecule has 2 aromatic heterocycles. The minimum absolute atomic E-state index is 0.0231. The molecule has 150 valence electrons. The summed E-state index contributed by atoms with van der Waals surface area (Å²) in [4.78, 5) is 25.0. The maximum absolute atomic E-state index is 13.1. The van der Waals surface area contributed by atoms with Crippen molar-refractivity contribution in [2.75, 3.05) is 26.2 Å². The number of nitrogens with zero attached hydrogens (tertiary/aromatic N) is 3. The first-order chi connectivity index (χ1) is 14.1. The van der Waals surface area contributed by atoms with Crippen LogP contribution in [0.1, 0.15) is 34.7 Å². The van der Waals surface area contributed by atoms with Crippen LogP contribution in [-0.2, 0) is 0 Å². The molecule has 0 spiro atoms. The zero-order chi connectivity index (χ0) is 20.0. The molecule has 2 aliphatic rings. The number of carbonyl (C=O) groups is 1. The highest BCUT2D eigenvalue weighted by Crippen LogP contribution is 2.33. The first kappa shape index (κ1) is 18.9. The van der Waals surface area contributed by atoms with Gasteiger partial charge in [-0.2, -0.15) is 0 Å². The van der Waals surface area contributed by atoms with Gasteiger partial charge < -0.3 is 9.88 Å². The predicted molar refractivity (Wildman–Crippen MR) is 116 cm³/mol. The number of rotatable bonds is 2. The zero-order valence-electron chi connectivity index (χ0n) is 15.9. The number of carbonyl (C=O) groups excluding carboxylic acids is 1. The number of pyridine rings is 1. The number of piperazine rings is 1. The molecule has 3 aromatic rings. The summed E-state index contributed by atoms with van der Waals surface area (Å²) < 4.78 is 0. The van der Waals surface area contributed by atoms with Crippen LogP contribution in [0.25, 0.3) is 11.0 Å². The van der Waals surface area contributed by atoms with Crippen molar-refractivity contribution in [3.8, 4) is 0 Å². The maximum atomic E-state index is 13.1. The number of hydrogen-bond acceptors (Lipinski definition) is 3. The van der Waals surface area contributed by atoms with Gasteiger partial charge in [0.15, 0.2) is 0 Å². The summed E-state index contributed by atoms with van der Waals surface area (Å²) in [5.74, 6) is 0.505. The Labute approximate surface area is 179 Å². The number of H-pyrrole nitrogens is 1. The van der Waals surface area contributed by atoms with Crippen molar-refractivity contribution in [1.82, 2.24) is 19.8 Å². The van der Waals surface area contributed by atoms with Crippen LogP contribution in [0.3, 0.4) is 0 Å². The molecule has 0 bridgehead atoms. The van der Waals surface area contributed by atoms with Gasteiger partial charge in [0.05, 0.1) is 10.6 Å². The zero-order valence-corrected chi connectivity index (χ0v) is 17.5. The molecular weight excluding hydrogens is 407 g/mol. The number of aromatic amines is 1. The van der Waals surface area contributed by atoms with Gasteiger partial charge in [-0.3, -0.25) is 9.69 Å². The molecule has 7 heteroatoms. The van der Waals surface area contributed by atoms with Crippen LogP contribution in [-0.4, -0.2) is 57.9 Å². The third-order valence-corrected chi connectivity index (χ3v) is 6.95. The number of hydrogen-bond donors (Lipinski definition) is 1. The molecule has 5 nitrogen and oxygen atoms in total. The van der Waals surface area contributed by atoms with Crippen LogP contribution in [0.5, 0.6) is 0 Å². The van der Waals surface area contributed by atoms with Crippen LogP contribution >= 0.6 is 23.2 Å². The van der Waals surface area contributed by atoms with Crippen LogP contribution in [0.15, 0.2) is 42.7 Å². The van der Waals surface area contributed by atoms with E-state index in [1.165, 1.54) is 5.56 Å². The molecule has 2 fully saturated rings. The van der Waals surface area contributed by atoms with Crippen molar-refractivity contribution in [2.45, 2.75) is 24.8 Å². The Balaban J connectivity index is 1.28. The van der Waals surface area contributed by atoms with Crippen molar-refractivity contribution < 1.29 is 4.79 Å². The van der Waals surface area contributed by atoms with Crippen molar-refractivity contribution >= 4 is 40.1 Å². The van der Waals surface area contributed by atoms with Crippen molar-refractivity contribution in [3.63, 3.8) is 0 Å². The van der Waals surface area contributed by atoms with Gasteiger partial charge in [-0.15, -0.1) is 0 Å². The highest BCUT2D eigenvalue weighted by atomic mass is 35.5. The Hall–Kier alpha value is -2.08. The lowest BCUT2D eigenvalue weighted by molar-refractivity contribution is 0.0329. The molecule has 0 saturated carbocycles. The van der Waals surface area contributed by atoms with Gasteiger partial charge in [-0.25, -0.2) is 4.98 Å². The molecule has 1 N–H and O–H groups in total. The average Bonchev–Trinajstić information content (AvgIpc) is 3.23. The Morgan fingerprint density at radius 1 is 1.07 bits per heavy atom. The second-order valence-corrected chi connectivity index (χ2v) is 8.77. The third kappa shape index (κ3) is 3.52. The standard InChI is InChI=1S/C22H22Cl2N4O/c23-16-4-1-14(2-5-16)15-3-6-17-13-28(10-9-27(17)12-15)22(29)19-11-26-21-18(20(19)24)7-8-25-21/h1-2,4-5,7-8,11,15,17H,3,6,9-10,12-13H2,(H,25,26)/t15-,17+/m0/s1. The molecule has 2 aliphatic heterocycles. The van der Waals surface area contributed by atoms with E-state index in [0.717, 1.165) is 42.9 Å². The second kappa shape index (κ2) is 7.63. The van der Waals surface area contributed by atoms with Gasteiger partial charge in [0, 0.05) is 55.0 Å². The predicted octanol–water partition coefficient (Wildman–Crippen LogP) is 4.57. The van der Waals surface area contributed by atoms with E-state index in [-0.39, 0.29) is 5.91 Å². The van der Waals surface area contributed by atoms with Gasteiger partial charge >= 0.3 is 0 Å². The molecule has 0 unspecified atom stereocenters. The summed E-state index contributed by atoms with van der Waals surface area (Å²) in [6.07, 6.45) is 5.59. The number of piperidine rings is 1. The van der Waals surface area contributed by atoms with Crippen molar-refractivity contribution in [2.24, 2.45) is 0 Å². The maximum Gasteiger partial charge on any atom is 0.257 e. The van der Waals surface area contributed by atoms with Gasteiger partial charge in [0.1, 0.15) is 5.65 Å². The molecule has 0 aliphatic carbocycles. The van der Waals surface area contributed by atoms with Gasteiger partial charge in [0.25, 0.3) is 5.91 Å². The van der Waals surface area contributed by atoms with E-state index >= 15 is 0 Å². The molecule has 2 atom stereocenters. The van der Waals surface area contributed by atoms with E-state index in [4.69, 9.17) is 23.2 Å². The summed E-state index contributed by atoms with van der Waals surface area (Å²) in [6.45, 7) is 3.38. The quantitative estimate of drug-likeness (QED) is 0.649. The van der Waals surface area contributed by atoms with Gasteiger partial charge in [-0.1, -0.05) is 35.3 Å². The van der Waals surface area contributed by atoms with Crippen LogP contribution < -0.4 is 0 Å². The molecule has 5 rings (SSSR count). The summed E-state index contributed by atoms with van der Waals surface area (Å²) >= 11 is 12.5. The smallest absolute Gasteiger partial charge is 0.257 e. The fourth-order valence-corrected chi connectivity index (χ4v) is 5.07. The first-order valence-corrected chi connectivity index (χ1v) is 10.8. The third-order valence-electron chi connectivity index (χ3n) is 6.29. The SMILES string of the molecule is O=C(c1cnc2[nH]ccc2c1Cl)N1CCN2C[C@@H](c3ccc(Cl)cc3)CC[C@@H]2C1. The van der Waals surface area contributed by atoms with Crippen molar-refractivity contribution in [1.29, 1.82) is 0 Å². The lowest BCUT2D eigenvalue weighted by Crippen LogP contribution is -2.57. The molecule has 29 heavy (non-hydrogen) atoms. The monoisotopic (exact) mass is 428 g/mol. The van der Waals surface area contributed by atoms with E-state index in [9.17, 15) is 4.79 Å². The Bertz CT molecular complexity index is 1050. The van der Waals surface area contributed by atoms with E-state index in [2.05, 4.69) is 27.0 Å². The molecule has 1 amide bonds. The van der Waals surface area contributed by atoms with E-state index < -0.39 is 0 Å². The highest BCUT2D eigenvalue weighted by molar-refractivity contribution is 6.38. The molecule has 0 radical (unpaired) electrons. The number of halogens is 2. The van der Waals surface area contributed by atoms with Crippen LogP contribution in [0, 0.1) is 0 Å². The Morgan fingerprint density at radius 3 is 2.72 bits per heavy atom. The summed E-state index contributed by atoms with van der Waals surface area (Å²) in [6, 6.07) is 10.5. The normalized spacial score (nSPS) is 22.6. The Kier molecular flexibility index (Phi) is 4.98. The number of fused-ring (bicyclic) bond motifs is 2. The van der Waals surface area contributed by atoms with Gasteiger partial charge in [0.2, 0.25) is 0 Å².